The fourth-order valence-corrected chi connectivity index (χ4v) is 4.21. The van der Waals surface area contributed by atoms with E-state index in [0.717, 1.165) is 35.5 Å². The molecule has 0 heterocycles. The van der Waals surface area contributed by atoms with Crippen LogP contribution in [-0.2, 0) is 45.4 Å². The summed E-state index contributed by atoms with van der Waals surface area (Å²) in [6, 6.07) is 0. The standard InChI is InChI=1S/C7H19O10P3/c1-11-18(8,12-2)6-16-19(9,13-3)7-17-20(10,14-4)15-5/h6-7H2,1-5H3. The van der Waals surface area contributed by atoms with Gasteiger partial charge in [0.15, 0.2) is 12.7 Å². The van der Waals surface area contributed by atoms with Crippen LogP contribution in [0.15, 0.2) is 0 Å². The Morgan fingerprint density at radius 3 is 1.35 bits per heavy atom. The Bertz CT molecular complexity index is 373. The van der Waals surface area contributed by atoms with Gasteiger partial charge in [0.05, 0.1) is 0 Å². The molecule has 0 aliphatic rings. The lowest BCUT2D eigenvalue weighted by Gasteiger charge is -2.20. The molecule has 0 aromatic carbocycles. The van der Waals surface area contributed by atoms with Crippen molar-refractivity contribution in [2.75, 3.05) is 48.2 Å². The molecule has 0 aromatic heterocycles. The lowest BCUT2D eigenvalue weighted by Crippen LogP contribution is -2.05. The number of hydrogen-bond acceptors (Lipinski definition) is 10. The molecule has 10 nitrogen and oxygen atoms in total. The van der Waals surface area contributed by atoms with Crippen LogP contribution in [0.3, 0.4) is 0 Å². The second-order valence-electron chi connectivity index (χ2n) is 3.10. The van der Waals surface area contributed by atoms with Crippen LogP contribution in [0.1, 0.15) is 0 Å². The topological polar surface area (TPSA) is 116 Å². The molecule has 0 aliphatic heterocycles. The fourth-order valence-electron chi connectivity index (χ4n) is 0.803. The molecule has 1 atom stereocenters. The summed E-state index contributed by atoms with van der Waals surface area (Å²) >= 11 is 0. The van der Waals surface area contributed by atoms with Crippen LogP contribution in [0.2, 0.25) is 0 Å². The molecule has 13 heteroatoms. The largest absolute Gasteiger partial charge is 0.474 e. The Morgan fingerprint density at radius 2 is 1.00 bits per heavy atom. The predicted molar refractivity (Wildman–Crippen MR) is 69.8 cm³/mol. The van der Waals surface area contributed by atoms with E-state index in [1.165, 1.54) is 0 Å². The van der Waals surface area contributed by atoms with E-state index in [9.17, 15) is 13.7 Å². The monoisotopic (exact) mass is 356 g/mol. The van der Waals surface area contributed by atoms with Crippen LogP contribution < -0.4 is 0 Å². The van der Waals surface area contributed by atoms with Gasteiger partial charge in [-0.3, -0.25) is 27.2 Å². The first kappa shape index (κ1) is 20.4. The van der Waals surface area contributed by atoms with Gasteiger partial charge in [0.1, 0.15) is 0 Å². The third-order valence-corrected chi connectivity index (χ3v) is 6.90. The van der Waals surface area contributed by atoms with Crippen LogP contribution in [0.25, 0.3) is 0 Å². The summed E-state index contributed by atoms with van der Waals surface area (Å²) < 4.78 is 67.9. The van der Waals surface area contributed by atoms with Gasteiger partial charge in [-0.2, -0.15) is 0 Å². The second kappa shape index (κ2) is 8.76. The van der Waals surface area contributed by atoms with Crippen LogP contribution >= 0.6 is 23.0 Å². The van der Waals surface area contributed by atoms with Crippen molar-refractivity contribution in [3.05, 3.63) is 0 Å². The summed E-state index contributed by atoms with van der Waals surface area (Å²) in [5, 5.41) is 0. The number of hydrogen-bond donors (Lipinski definition) is 0. The quantitative estimate of drug-likeness (QED) is 0.511. The molecule has 0 fully saturated rings. The molecule has 0 bridgehead atoms. The first-order valence-electron chi connectivity index (χ1n) is 5.08. The molecule has 0 aliphatic carbocycles. The third kappa shape index (κ3) is 6.45. The van der Waals surface area contributed by atoms with Crippen molar-refractivity contribution in [2.45, 2.75) is 0 Å². The highest BCUT2D eigenvalue weighted by molar-refractivity contribution is 7.57. The van der Waals surface area contributed by atoms with E-state index in [1.54, 1.807) is 0 Å². The molecular formula is C7H19O10P3. The second-order valence-corrected chi connectivity index (χ2v) is 9.29. The van der Waals surface area contributed by atoms with E-state index in [2.05, 4.69) is 22.6 Å². The Morgan fingerprint density at radius 1 is 0.600 bits per heavy atom. The van der Waals surface area contributed by atoms with Crippen molar-refractivity contribution in [2.24, 2.45) is 0 Å². The molecule has 0 radical (unpaired) electrons. The molecule has 122 valence electrons. The zero-order chi connectivity index (χ0) is 15.9. The average molecular weight is 356 g/mol. The molecule has 0 saturated heterocycles. The molecule has 0 amide bonds. The van der Waals surface area contributed by atoms with Gasteiger partial charge in [0.2, 0.25) is 0 Å². The summed E-state index contributed by atoms with van der Waals surface area (Å²) in [5.41, 5.74) is 0. The molecule has 0 saturated carbocycles. The van der Waals surface area contributed by atoms with Crippen molar-refractivity contribution in [3.8, 4) is 0 Å². The van der Waals surface area contributed by atoms with Gasteiger partial charge in [-0.25, -0.2) is 4.57 Å². The highest BCUT2D eigenvalue weighted by atomic mass is 31.2. The highest BCUT2D eigenvalue weighted by Crippen LogP contribution is 2.58. The number of phosphoric ester groups is 1. The number of phosphoric acid groups is 1. The van der Waals surface area contributed by atoms with Gasteiger partial charge in [-0.15, -0.1) is 0 Å². The maximum Gasteiger partial charge on any atom is 0.474 e. The van der Waals surface area contributed by atoms with E-state index < -0.39 is 35.7 Å². The van der Waals surface area contributed by atoms with Crippen molar-refractivity contribution in [3.63, 3.8) is 0 Å². The smallest absolute Gasteiger partial charge is 0.310 e. The summed E-state index contributed by atoms with van der Waals surface area (Å²) in [5.74, 6) is 0. The average Bonchev–Trinajstić information content (AvgIpc) is 2.50. The summed E-state index contributed by atoms with van der Waals surface area (Å²) in [6.45, 7) is 0. The van der Waals surface area contributed by atoms with Gasteiger partial charge in [0.25, 0.3) is 0 Å². The minimum absolute atomic E-state index is 0.626. The van der Waals surface area contributed by atoms with E-state index in [1.807, 2.05) is 0 Å². The highest BCUT2D eigenvalue weighted by Gasteiger charge is 2.34. The van der Waals surface area contributed by atoms with Crippen LogP contribution in [0.4, 0.5) is 0 Å². The minimum Gasteiger partial charge on any atom is -0.310 e. The minimum atomic E-state index is -3.83. The maximum absolute atomic E-state index is 12.1. The summed E-state index contributed by atoms with van der Waals surface area (Å²) in [4.78, 5) is 0. The van der Waals surface area contributed by atoms with Crippen molar-refractivity contribution in [1.82, 2.24) is 0 Å². The summed E-state index contributed by atoms with van der Waals surface area (Å²) in [7, 11) is -5.64. The van der Waals surface area contributed by atoms with Gasteiger partial charge in [-0.05, 0) is 0 Å². The SMILES string of the molecule is COP(=O)(COP(=O)(COP(=O)(OC)OC)OC)OC. The van der Waals surface area contributed by atoms with E-state index >= 15 is 0 Å². The van der Waals surface area contributed by atoms with Gasteiger partial charge in [-0.1, -0.05) is 0 Å². The molecule has 0 N–H and O–H groups in total. The molecular weight excluding hydrogens is 337 g/mol. The van der Waals surface area contributed by atoms with Crippen LogP contribution in [0.5, 0.6) is 0 Å². The Kier molecular flexibility index (Phi) is 8.94. The predicted octanol–water partition coefficient (Wildman–Crippen LogP) is 2.66. The first-order chi connectivity index (χ1) is 9.22. The van der Waals surface area contributed by atoms with Crippen LogP contribution in [-0.4, -0.2) is 48.2 Å². The number of rotatable bonds is 11. The zero-order valence-electron chi connectivity index (χ0n) is 11.8. The van der Waals surface area contributed by atoms with Gasteiger partial charge >= 0.3 is 23.0 Å². The summed E-state index contributed by atoms with van der Waals surface area (Å²) in [6.07, 6.45) is -1.35. The van der Waals surface area contributed by atoms with Crippen molar-refractivity contribution >= 4 is 23.0 Å². The lowest BCUT2D eigenvalue weighted by atomic mass is 11.7. The van der Waals surface area contributed by atoms with E-state index in [-0.39, 0.29) is 0 Å². The Labute approximate surface area is 117 Å². The van der Waals surface area contributed by atoms with E-state index in [0.29, 0.717) is 0 Å². The Hall–Kier alpha value is 0.410. The van der Waals surface area contributed by atoms with Gasteiger partial charge in [0, 0.05) is 35.5 Å². The molecule has 0 aromatic rings. The molecule has 1 unspecified atom stereocenters. The molecule has 0 rings (SSSR count). The van der Waals surface area contributed by atoms with Crippen molar-refractivity contribution in [1.29, 1.82) is 0 Å². The Balaban J connectivity index is 4.68. The molecule has 20 heavy (non-hydrogen) atoms. The zero-order valence-corrected chi connectivity index (χ0v) is 14.5. The third-order valence-electron chi connectivity index (χ3n) is 2.07. The first-order valence-corrected chi connectivity index (χ1v) is 9.99. The normalized spacial score (nSPS) is 16.1. The van der Waals surface area contributed by atoms with Crippen molar-refractivity contribution < 1.29 is 45.4 Å². The van der Waals surface area contributed by atoms with Crippen LogP contribution in [0, 0.1) is 0 Å². The fraction of sp³-hybridized carbons (Fsp3) is 1.00. The van der Waals surface area contributed by atoms with Gasteiger partial charge < -0.3 is 13.6 Å². The van der Waals surface area contributed by atoms with E-state index in [4.69, 9.17) is 9.05 Å². The molecule has 0 spiro atoms. The lowest BCUT2D eigenvalue weighted by molar-refractivity contribution is 0.151. The maximum atomic E-state index is 12.1.